The number of nitrogens with zero attached hydrogens (tertiary/aromatic N) is 4. The molecular formula is C18H24N4O4S. The molecule has 0 spiro atoms. The zero-order valence-electron chi connectivity index (χ0n) is 15.2. The van der Waals surface area contributed by atoms with Crippen molar-refractivity contribution < 1.29 is 19.8 Å². The Morgan fingerprint density at radius 1 is 1.11 bits per heavy atom. The molecule has 0 aliphatic carbocycles. The maximum Gasteiger partial charge on any atom is 0.317 e. The van der Waals surface area contributed by atoms with Gasteiger partial charge in [-0.25, -0.2) is 0 Å². The number of isothiocyanates is 1. The molecule has 8 nitrogen and oxygen atoms in total. The molecule has 2 N–H and O–H groups in total. The fourth-order valence-corrected chi connectivity index (χ4v) is 3.27. The lowest BCUT2D eigenvalue weighted by atomic mass is 10.0. The van der Waals surface area contributed by atoms with E-state index >= 15 is 0 Å². The minimum Gasteiger partial charge on any atom is -0.480 e. The number of rotatable bonds is 6. The lowest BCUT2D eigenvalue weighted by Crippen LogP contribution is -2.42. The van der Waals surface area contributed by atoms with Crippen molar-refractivity contribution in [1.82, 2.24) is 14.7 Å². The SMILES string of the molecule is CN1CCN(CC(=O)O)CC(c2ccc(N=C=S)cc2)N(CC(=O)O)CC1. The Labute approximate surface area is 163 Å². The van der Waals surface area contributed by atoms with E-state index in [2.05, 4.69) is 27.3 Å². The third-order valence-electron chi connectivity index (χ3n) is 4.59. The lowest BCUT2D eigenvalue weighted by Gasteiger charge is -2.33. The summed E-state index contributed by atoms with van der Waals surface area (Å²) in [6.45, 7) is 2.85. The molecule has 1 fully saturated rings. The van der Waals surface area contributed by atoms with Gasteiger partial charge in [-0.05, 0) is 37.0 Å². The van der Waals surface area contributed by atoms with Crippen molar-refractivity contribution in [2.75, 3.05) is 52.9 Å². The normalized spacial score (nSPS) is 20.1. The maximum absolute atomic E-state index is 11.4. The number of likely N-dealkylation sites (N-methyl/N-ethyl adjacent to an activating group) is 1. The Kier molecular flexibility index (Phi) is 8.02. The Morgan fingerprint density at radius 2 is 1.74 bits per heavy atom. The number of benzene rings is 1. The Hall–Kier alpha value is -2.16. The van der Waals surface area contributed by atoms with Gasteiger partial charge in [-0.2, -0.15) is 4.99 Å². The molecule has 146 valence electrons. The summed E-state index contributed by atoms with van der Waals surface area (Å²) in [5, 5.41) is 20.9. The highest BCUT2D eigenvalue weighted by molar-refractivity contribution is 7.78. The van der Waals surface area contributed by atoms with Gasteiger partial charge in [-0.3, -0.25) is 19.4 Å². The minimum absolute atomic E-state index is 0.0848. The summed E-state index contributed by atoms with van der Waals surface area (Å²) in [6, 6.07) is 7.12. The van der Waals surface area contributed by atoms with E-state index in [1.165, 1.54) is 0 Å². The zero-order chi connectivity index (χ0) is 19.8. The molecular weight excluding hydrogens is 368 g/mol. The molecule has 1 aromatic rings. The van der Waals surface area contributed by atoms with Crippen LogP contribution in [0.2, 0.25) is 0 Å². The first kappa shape index (κ1) is 21.1. The number of hydrogen-bond donors (Lipinski definition) is 2. The van der Waals surface area contributed by atoms with Crippen molar-refractivity contribution in [2.24, 2.45) is 4.99 Å². The van der Waals surface area contributed by atoms with Gasteiger partial charge in [0.05, 0.1) is 23.9 Å². The lowest BCUT2D eigenvalue weighted by molar-refractivity contribution is -0.140. The summed E-state index contributed by atoms with van der Waals surface area (Å²) in [6.07, 6.45) is 0. The Morgan fingerprint density at radius 3 is 2.33 bits per heavy atom. The van der Waals surface area contributed by atoms with Crippen molar-refractivity contribution in [3.8, 4) is 0 Å². The summed E-state index contributed by atoms with van der Waals surface area (Å²) >= 11 is 4.62. The van der Waals surface area contributed by atoms with Crippen LogP contribution in [0.5, 0.6) is 0 Å². The van der Waals surface area contributed by atoms with Gasteiger partial charge in [0.25, 0.3) is 0 Å². The van der Waals surface area contributed by atoms with Crippen LogP contribution in [0.25, 0.3) is 0 Å². The molecule has 1 unspecified atom stereocenters. The average molecular weight is 392 g/mol. The first-order chi connectivity index (χ1) is 12.9. The highest BCUT2D eigenvalue weighted by Gasteiger charge is 2.27. The third kappa shape index (κ3) is 6.82. The molecule has 1 saturated heterocycles. The molecule has 27 heavy (non-hydrogen) atoms. The standard InChI is InChI=1S/C18H24N4O4S/c1-20-6-8-21(11-17(23)24)10-16(22(9-7-20)12-18(25)26)14-2-4-15(5-3-14)19-13-27/h2-5,16H,6-12H2,1H3,(H,23,24)(H,25,26). The van der Waals surface area contributed by atoms with Gasteiger partial charge >= 0.3 is 11.9 Å². The van der Waals surface area contributed by atoms with Gasteiger partial charge in [0.15, 0.2) is 0 Å². The molecule has 1 heterocycles. The average Bonchev–Trinajstić information content (AvgIpc) is 2.67. The number of carboxylic acid groups (broad SMARTS) is 2. The van der Waals surface area contributed by atoms with Crippen molar-refractivity contribution in [3.63, 3.8) is 0 Å². The fourth-order valence-electron chi connectivity index (χ4n) is 3.17. The minimum atomic E-state index is -0.909. The van der Waals surface area contributed by atoms with Crippen LogP contribution in [0.1, 0.15) is 11.6 Å². The monoisotopic (exact) mass is 392 g/mol. The van der Waals surface area contributed by atoms with Crippen LogP contribution in [0.4, 0.5) is 5.69 Å². The van der Waals surface area contributed by atoms with Crippen molar-refractivity contribution in [1.29, 1.82) is 0 Å². The molecule has 1 atom stereocenters. The smallest absolute Gasteiger partial charge is 0.317 e. The molecule has 9 heteroatoms. The van der Waals surface area contributed by atoms with E-state index in [1.54, 1.807) is 12.1 Å². The predicted octanol–water partition coefficient (Wildman–Crippen LogP) is 1.18. The van der Waals surface area contributed by atoms with Crippen LogP contribution in [0.3, 0.4) is 0 Å². The number of carboxylic acids is 2. The van der Waals surface area contributed by atoms with Gasteiger partial charge in [0, 0.05) is 38.8 Å². The van der Waals surface area contributed by atoms with E-state index in [1.807, 2.05) is 29.0 Å². The van der Waals surface area contributed by atoms with Gasteiger partial charge in [0.2, 0.25) is 0 Å². The topological polar surface area (TPSA) is 96.7 Å². The second-order valence-electron chi connectivity index (χ2n) is 6.61. The van der Waals surface area contributed by atoms with Crippen molar-refractivity contribution in [3.05, 3.63) is 29.8 Å². The van der Waals surface area contributed by atoms with Crippen LogP contribution in [0.15, 0.2) is 29.3 Å². The highest BCUT2D eigenvalue weighted by Crippen LogP contribution is 2.25. The van der Waals surface area contributed by atoms with Gasteiger partial charge in [-0.1, -0.05) is 12.1 Å². The number of aliphatic carboxylic acids is 2. The van der Waals surface area contributed by atoms with Crippen LogP contribution in [-0.4, -0.2) is 94.9 Å². The Bertz CT molecular complexity index is 706. The van der Waals surface area contributed by atoms with Gasteiger partial charge in [-0.15, -0.1) is 0 Å². The van der Waals surface area contributed by atoms with E-state index in [4.69, 9.17) is 0 Å². The summed E-state index contributed by atoms with van der Waals surface area (Å²) < 4.78 is 0. The maximum atomic E-state index is 11.4. The molecule has 1 aliphatic heterocycles. The molecule has 1 aromatic carbocycles. The molecule has 0 amide bonds. The number of aliphatic imine (C=N–C) groups is 1. The first-order valence-electron chi connectivity index (χ1n) is 8.65. The van der Waals surface area contributed by atoms with Crippen molar-refractivity contribution >= 4 is 35.0 Å². The van der Waals surface area contributed by atoms with E-state index in [9.17, 15) is 19.8 Å². The van der Waals surface area contributed by atoms with Gasteiger partial charge in [0.1, 0.15) is 0 Å². The predicted molar refractivity (Wildman–Crippen MR) is 105 cm³/mol. The fraction of sp³-hybridized carbons (Fsp3) is 0.500. The molecule has 0 saturated carbocycles. The largest absolute Gasteiger partial charge is 0.480 e. The van der Waals surface area contributed by atoms with Crippen LogP contribution >= 0.6 is 12.2 Å². The van der Waals surface area contributed by atoms with E-state index < -0.39 is 11.9 Å². The number of hydrogen-bond acceptors (Lipinski definition) is 7. The highest BCUT2D eigenvalue weighted by atomic mass is 32.1. The van der Waals surface area contributed by atoms with Crippen molar-refractivity contribution in [2.45, 2.75) is 6.04 Å². The molecule has 1 aliphatic rings. The second kappa shape index (κ2) is 10.2. The van der Waals surface area contributed by atoms with E-state index in [0.29, 0.717) is 31.9 Å². The molecule has 0 radical (unpaired) electrons. The Balaban J connectivity index is 2.36. The summed E-state index contributed by atoms with van der Waals surface area (Å²) in [4.78, 5) is 32.4. The molecule has 2 rings (SSSR count). The summed E-state index contributed by atoms with van der Waals surface area (Å²) in [7, 11) is 1.95. The molecule has 0 aromatic heterocycles. The number of carbonyl (C=O) groups is 2. The summed E-state index contributed by atoms with van der Waals surface area (Å²) in [5.74, 6) is -1.81. The van der Waals surface area contributed by atoms with Crippen LogP contribution < -0.4 is 0 Å². The third-order valence-corrected chi connectivity index (χ3v) is 4.68. The van der Waals surface area contributed by atoms with E-state index in [0.717, 1.165) is 12.1 Å². The van der Waals surface area contributed by atoms with Gasteiger partial charge < -0.3 is 15.1 Å². The van der Waals surface area contributed by atoms with Crippen LogP contribution in [0, 0.1) is 0 Å². The second-order valence-corrected chi connectivity index (χ2v) is 6.79. The van der Waals surface area contributed by atoms with Crippen LogP contribution in [-0.2, 0) is 9.59 Å². The summed E-state index contributed by atoms with van der Waals surface area (Å²) in [5.41, 5.74) is 1.59. The first-order valence-corrected chi connectivity index (χ1v) is 9.06. The van der Waals surface area contributed by atoms with E-state index in [-0.39, 0.29) is 19.1 Å². The number of thiocarbonyl (C=S) groups is 1. The zero-order valence-corrected chi connectivity index (χ0v) is 16.1. The molecule has 0 bridgehead atoms. The quantitative estimate of drug-likeness (QED) is 0.550.